The number of methoxy groups -OCH3 is 1. The van der Waals surface area contributed by atoms with E-state index in [0.717, 1.165) is 5.56 Å². The number of ether oxygens (including phenoxy) is 1. The maximum Gasteiger partial charge on any atom is 0.327 e. The van der Waals surface area contributed by atoms with Crippen molar-refractivity contribution in [2.45, 2.75) is 12.8 Å². The zero-order valence-electron chi connectivity index (χ0n) is 8.15. The van der Waals surface area contributed by atoms with Crippen molar-refractivity contribution in [1.82, 2.24) is 0 Å². The molecule has 72 valence electrons. The molecule has 0 saturated heterocycles. The van der Waals surface area contributed by atoms with Crippen LogP contribution in [0.3, 0.4) is 0 Å². The average Bonchev–Trinajstić information content (AvgIpc) is 2.21. The van der Waals surface area contributed by atoms with Crippen LogP contribution in [0.1, 0.15) is 17.0 Å². The van der Waals surface area contributed by atoms with Gasteiger partial charge in [-0.3, -0.25) is 4.79 Å². The van der Waals surface area contributed by atoms with E-state index in [2.05, 4.69) is 4.74 Å². The van der Waals surface area contributed by atoms with Crippen molar-refractivity contribution in [3.63, 3.8) is 0 Å². The number of carbonyl (C=O) groups excluding carboxylic acids is 1. The van der Waals surface area contributed by atoms with Crippen LogP contribution in [-0.2, 0) is 9.53 Å². The van der Waals surface area contributed by atoms with Gasteiger partial charge in [0.25, 0.3) is 0 Å². The molecule has 0 aromatic heterocycles. The van der Waals surface area contributed by atoms with Crippen LogP contribution in [0.5, 0.6) is 0 Å². The van der Waals surface area contributed by atoms with Gasteiger partial charge in [0.05, 0.1) is 13.2 Å². The molecule has 0 spiro atoms. The van der Waals surface area contributed by atoms with Crippen LogP contribution in [0.4, 0.5) is 0 Å². The minimum absolute atomic E-state index is 0.517. The van der Waals surface area contributed by atoms with Crippen molar-refractivity contribution in [2.24, 2.45) is 0 Å². The summed E-state index contributed by atoms with van der Waals surface area (Å²) in [5.74, 6) is -1.34. The van der Waals surface area contributed by atoms with E-state index in [4.69, 9.17) is 5.26 Å². The van der Waals surface area contributed by atoms with E-state index in [1.165, 1.54) is 7.11 Å². The molecule has 0 fully saturated rings. The second-order valence-electron chi connectivity index (χ2n) is 3.00. The number of hydrogen-bond acceptors (Lipinski definition) is 3. The molecule has 0 aliphatic rings. The number of aryl methyl sites for hydroxylation is 1. The molecule has 0 heterocycles. The third-order valence-electron chi connectivity index (χ3n) is 1.98. The Balaban J connectivity index is 2.97. The molecule has 1 aromatic carbocycles. The van der Waals surface area contributed by atoms with E-state index >= 15 is 0 Å². The third kappa shape index (κ3) is 2.11. The monoisotopic (exact) mass is 189 g/mol. The predicted octanol–water partition coefficient (Wildman–Crippen LogP) is 1.78. The summed E-state index contributed by atoms with van der Waals surface area (Å²) < 4.78 is 4.53. The smallest absolute Gasteiger partial charge is 0.327 e. The van der Waals surface area contributed by atoms with Crippen molar-refractivity contribution in [3.8, 4) is 6.07 Å². The molecule has 0 radical (unpaired) electrons. The summed E-state index contributed by atoms with van der Waals surface area (Å²) in [6, 6.07) is 9.17. The van der Waals surface area contributed by atoms with E-state index in [-0.39, 0.29) is 0 Å². The van der Waals surface area contributed by atoms with Crippen LogP contribution in [0.2, 0.25) is 0 Å². The summed E-state index contributed by atoms with van der Waals surface area (Å²) in [4.78, 5) is 11.2. The van der Waals surface area contributed by atoms with Crippen molar-refractivity contribution in [2.75, 3.05) is 7.11 Å². The summed E-state index contributed by atoms with van der Waals surface area (Å²) in [5.41, 5.74) is 1.76. The first-order valence-electron chi connectivity index (χ1n) is 4.23. The predicted molar refractivity (Wildman–Crippen MR) is 51.5 cm³/mol. The zero-order chi connectivity index (χ0) is 10.6. The van der Waals surface area contributed by atoms with Gasteiger partial charge in [-0.2, -0.15) is 5.26 Å². The summed E-state index contributed by atoms with van der Waals surface area (Å²) in [6.45, 7) is 1.95. The lowest BCUT2D eigenvalue weighted by atomic mass is 10.00. The van der Waals surface area contributed by atoms with E-state index in [1.54, 1.807) is 12.1 Å². The maximum atomic E-state index is 11.2. The molecule has 0 saturated carbocycles. The molecule has 3 nitrogen and oxygen atoms in total. The molecule has 0 aliphatic carbocycles. The third-order valence-corrected chi connectivity index (χ3v) is 1.98. The Morgan fingerprint density at radius 2 is 2.00 bits per heavy atom. The van der Waals surface area contributed by atoms with Gasteiger partial charge in [-0.25, -0.2) is 0 Å². The molecule has 1 aromatic rings. The number of carbonyl (C=O) groups is 1. The van der Waals surface area contributed by atoms with Gasteiger partial charge in [-0.15, -0.1) is 0 Å². The van der Waals surface area contributed by atoms with Gasteiger partial charge in [0.2, 0.25) is 0 Å². The summed E-state index contributed by atoms with van der Waals surface area (Å²) in [5, 5.41) is 8.80. The Labute approximate surface area is 82.9 Å². The van der Waals surface area contributed by atoms with Crippen LogP contribution >= 0.6 is 0 Å². The lowest BCUT2D eigenvalue weighted by Crippen LogP contribution is -2.12. The number of rotatable bonds is 2. The Bertz CT molecular complexity index is 362. The average molecular weight is 189 g/mol. The second-order valence-corrected chi connectivity index (χ2v) is 3.00. The Kier molecular flexibility index (Phi) is 3.24. The number of esters is 1. The van der Waals surface area contributed by atoms with Gasteiger partial charge in [-0.1, -0.05) is 29.8 Å². The fraction of sp³-hybridized carbons (Fsp3) is 0.273. The lowest BCUT2D eigenvalue weighted by Gasteiger charge is -2.06. The van der Waals surface area contributed by atoms with Crippen LogP contribution in [0.25, 0.3) is 0 Å². The highest BCUT2D eigenvalue weighted by Gasteiger charge is 2.20. The molecule has 1 unspecified atom stereocenters. The molecular formula is C11H11NO2. The summed E-state index contributed by atoms with van der Waals surface area (Å²) in [7, 11) is 1.28. The van der Waals surface area contributed by atoms with Gasteiger partial charge >= 0.3 is 5.97 Å². The van der Waals surface area contributed by atoms with Crippen molar-refractivity contribution in [1.29, 1.82) is 5.26 Å². The number of hydrogen-bond donors (Lipinski definition) is 0. The Morgan fingerprint density at radius 1 is 1.43 bits per heavy atom. The number of nitriles is 1. The molecule has 1 rings (SSSR count). The quantitative estimate of drug-likeness (QED) is 0.666. The maximum absolute atomic E-state index is 11.2. The molecule has 14 heavy (non-hydrogen) atoms. The largest absolute Gasteiger partial charge is 0.468 e. The highest BCUT2D eigenvalue weighted by Crippen LogP contribution is 2.16. The standard InChI is InChI=1S/C11H11NO2/c1-8-3-5-9(6-4-8)10(7-12)11(13)14-2/h3-6,10H,1-2H3. The number of benzene rings is 1. The van der Waals surface area contributed by atoms with E-state index in [1.807, 2.05) is 25.1 Å². The highest BCUT2D eigenvalue weighted by atomic mass is 16.5. The molecule has 0 bridgehead atoms. The van der Waals surface area contributed by atoms with Crippen LogP contribution in [0.15, 0.2) is 24.3 Å². The topological polar surface area (TPSA) is 50.1 Å². The summed E-state index contributed by atoms with van der Waals surface area (Å²) >= 11 is 0. The zero-order valence-corrected chi connectivity index (χ0v) is 8.15. The fourth-order valence-corrected chi connectivity index (χ4v) is 1.14. The van der Waals surface area contributed by atoms with E-state index in [0.29, 0.717) is 5.56 Å². The SMILES string of the molecule is COC(=O)C(C#N)c1ccc(C)cc1. The van der Waals surface area contributed by atoms with Gasteiger partial charge in [0, 0.05) is 0 Å². The molecular weight excluding hydrogens is 178 g/mol. The molecule has 0 amide bonds. The summed E-state index contributed by atoms with van der Waals surface area (Å²) in [6.07, 6.45) is 0. The van der Waals surface area contributed by atoms with Gasteiger partial charge < -0.3 is 4.74 Å². The van der Waals surface area contributed by atoms with Crippen molar-refractivity contribution >= 4 is 5.97 Å². The van der Waals surface area contributed by atoms with Crippen molar-refractivity contribution < 1.29 is 9.53 Å². The highest BCUT2D eigenvalue weighted by molar-refractivity contribution is 5.81. The Hall–Kier alpha value is -1.82. The Morgan fingerprint density at radius 3 is 2.43 bits per heavy atom. The normalized spacial score (nSPS) is 11.5. The van der Waals surface area contributed by atoms with Crippen LogP contribution in [-0.4, -0.2) is 13.1 Å². The van der Waals surface area contributed by atoms with Crippen LogP contribution < -0.4 is 0 Å². The minimum atomic E-state index is -0.819. The van der Waals surface area contributed by atoms with Gasteiger partial charge in [0.15, 0.2) is 5.92 Å². The van der Waals surface area contributed by atoms with Gasteiger partial charge in [-0.05, 0) is 12.5 Å². The molecule has 0 aliphatic heterocycles. The van der Waals surface area contributed by atoms with E-state index in [9.17, 15) is 4.79 Å². The fourth-order valence-electron chi connectivity index (χ4n) is 1.14. The minimum Gasteiger partial charge on any atom is -0.468 e. The first-order chi connectivity index (χ1) is 6.69. The van der Waals surface area contributed by atoms with Crippen LogP contribution in [0, 0.1) is 18.3 Å². The molecule has 1 atom stereocenters. The lowest BCUT2D eigenvalue weighted by molar-refractivity contribution is -0.140. The first kappa shape index (κ1) is 10.3. The first-order valence-corrected chi connectivity index (χ1v) is 4.23. The second kappa shape index (κ2) is 4.43. The number of nitrogens with zero attached hydrogens (tertiary/aromatic N) is 1. The molecule has 0 N–H and O–H groups in total. The molecule has 3 heteroatoms. The van der Waals surface area contributed by atoms with E-state index < -0.39 is 11.9 Å². The van der Waals surface area contributed by atoms with Gasteiger partial charge in [0.1, 0.15) is 0 Å². The van der Waals surface area contributed by atoms with Crippen molar-refractivity contribution in [3.05, 3.63) is 35.4 Å².